The van der Waals surface area contributed by atoms with Crippen molar-refractivity contribution in [2.75, 3.05) is 12.3 Å². The van der Waals surface area contributed by atoms with Gasteiger partial charge in [0, 0.05) is 17.2 Å². The third-order valence-electron chi connectivity index (χ3n) is 4.07. The molecule has 2 heterocycles. The van der Waals surface area contributed by atoms with E-state index in [1.807, 2.05) is 24.3 Å². The molecular formula is C15H17NO3S. The summed E-state index contributed by atoms with van der Waals surface area (Å²) in [5.74, 6) is -0.358. The van der Waals surface area contributed by atoms with Gasteiger partial charge in [-0.2, -0.15) is 0 Å². The molecule has 0 saturated carbocycles. The van der Waals surface area contributed by atoms with E-state index in [1.165, 1.54) is 0 Å². The highest BCUT2D eigenvalue weighted by Crippen LogP contribution is 2.40. The summed E-state index contributed by atoms with van der Waals surface area (Å²) in [6.45, 7) is 0.569. The number of carboxylic acid groups (broad SMARTS) is 1. The fraction of sp³-hybridized carbons (Fsp3) is 0.467. The molecule has 3 rings (SSSR count). The Morgan fingerprint density at radius 3 is 2.85 bits per heavy atom. The molecule has 0 bridgehead atoms. The van der Waals surface area contributed by atoms with Crippen molar-refractivity contribution >= 4 is 23.6 Å². The molecule has 1 saturated heterocycles. The largest absolute Gasteiger partial charge is 0.480 e. The second-order valence-corrected chi connectivity index (χ2v) is 6.34. The number of hydrogen-bond donors (Lipinski definition) is 1. The van der Waals surface area contributed by atoms with Gasteiger partial charge in [0.25, 0.3) is 0 Å². The van der Waals surface area contributed by atoms with Crippen molar-refractivity contribution in [3.8, 4) is 0 Å². The molecule has 5 heteroatoms. The van der Waals surface area contributed by atoms with Gasteiger partial charge in [0.05, 0.1) is 5.92 Å². The first kappa shape index (κ1) is 13.5. The molecular weight excluding hydrogens is 274 g/mol. The van der Waals surface area contributed by atoms with E-state index in [0.29, 0.717) is 13.0 Å². The number of carbonyl (C=O) groups is 2. The van der Waals surface area contributed by atoms with Crippen LogP contribution in [0.4, 0.5) is 0 Å². The van der Waals surface area contributed by atoms with E-state index >= 15 is 0 Å². The molecule has 106 valence electrons. The highest BCUT2D eigenvalue weighted by atomic mass is 32.2. The normalized spacial score (nSPS) is 25.3. The van der Waals surface area contributed by atoms with Gasteiger partial charge in [-0.1, -0.05) is 18.2 Å². The van der Waals surface area contributed by atoms with Crippen LogP contribution in [0.15, 0.2) is 29.2 Å². The summed E-state index contributed by atoms with van der Waals surface area (Å²) in [6, 6.07) is 7.28. The fourth-order valence-electron chi connectivity index (χ4n) is 3.02. The van der Waals surface area contributed by atoms with E-state index in [2.05, 4.69) is 0 Å². The van der Waals surface area contributed by atoms with Gasteiger partial charge in [0.1, 0.15) is 6.04 Å². The predicted molar refractivity (Wildman–Crippen MR) is 76.9 cm³/mol. The topological polar surface area (TPSA) is 57.6 Å². The molecule has 1 amide bonds. The fourth-order valence-corrected chi connectivity index (χ4v) is 4.24. The number of nitrogens with zero attached hydrogens (tertiary/aromatic N) is 1. The van der Waals surface area contributed by atoms with Crippen molar-refractivity contribution in [2.45, 2.75) is 36.1 Å². The van der Waals surface area contributed by atoms with E-state index in [4.69, 9.17) is 0 Å². The number of aliphatic carboxylic acids is 1. The van der Waals surface area contributed by atoms with Crippen molar-refractivity contribution in [2.24, 2.45) is 0 Å². The number of thioether (sulfide) groups is 1. The number of carbonyl (C=O) groups excluding carboxylic acids is 1. The Morgan fingerprint density at radius 2 is 2.05 bits per heavy atom. The maximum atomic E-state index is 12.7. The molecule has 0 spiro atoms. The van der Waals surface area contributed by atoms with Gasteiger partial charge in [0.2, 0.25) is 5.91 Å². The Balaban J connectivity index is 1.84. The molecule has 20 heavy (non-hydrogen) atoms. The van der Waals surface area contributed by atoms with Gasteiger partial charge in [-0.05, 0) is 30.9 Å². The minimum absolute atomic E-state index is 0.0189. The number of likely N-dealkylation sites (tertiary alicyclic amines) is 1. The Labute approximate surface area is 122 Å². The number of hydrogen-bond acceptors (Lipinski definition) is 3. The first-order valence-electron chi connectivity index (χ1n) is 6.93. The van der Waals surface area contributed by atoms with Gasteiger partial charge in [0.15, 0.2) is 0 Å². The maximum Gasteiger partial charge on any atom is 0.326 e. The lowest BCUT2D eigenvalue weighted by molar-refractivity contribution is -0.152. The molecule has 4 nitrogen and oxygen atoms in total. The molecule has 1 aromatic carbocycles. The van der Waals surface area contributed by atoms with E-state index in [9.17, 15) is 14.7 Å². The maximum absolute atomic E-state index is 12.7. The number of amides is 1. The van der Waals surface area contributed by atoms with Crippen LogP contribution in [0.25, 0.3) is 0 Å². The first-order valence-corrected chi connectivity index (χ1v) is 7.92. The average molecular weight is 291 g/mol. The van der Waals surface area contributed by atoms with E-state index < -0.39 is 12.0 Å². The Morgan fingerprint density at radius 1 is 1.25 bits per heavy atom. The van der Waals surface area contributed by atoms with Crippen molar-refractivity contribution in [1.29, 1.82) is 0 Å². The lowest BCUT2D eigenvalue weighted by atomic mass is 9.95. The molecule has 2 aliphatic heterocycles. The van der Waals surface area contributed by atoms with E-state index in [0.717, 1.165) is 29.1 Å². The minimum Gasteiger partial charge on any atom is -0.480 e. The SMILES string of the molecule is O=C(O)[C@H]1CCCCN1C(=O)[C@H]1CSc2ccccc21. The van der Waals surface area contributed by atoms with Crippen LogP contribution in [0.1, 0.15) is 30.7 Å². The summed E-state index contributed by atoms with van der Waals surface area (Å²) < 4.78 is 0. The monoisotopic (exact) mass is 291 g/mol. The van der Waals surface area contributed by atoms with Gasteiger partial charge >= 0.3 is 5.97 Å². The number of rotatable bonds is 2. The number of carboxylic acids is 1. The van der Waals surface area contributed by atoms with Crippen molar-refractivity contribution in [3.05, 3.63) is 29.8 Å². The lowest BCUT2D eigenvalue weighted by Crippen LogP contribution is -2.49. The van der Waals surface area contributed by atoms with Crippen LogP contribution in [0.5, 0.6) is 0 Å². The Hall–Kier alpha value is -1.49. The summed E-state index contributed by atoms with van der Waals surface area (Å²) in [5.41, 5.74) is 1.05. The van der Waals surface area contributed by atoms with Crippen LogP contribution in [0, 0.1) is 0 Å². The third kappa shape index (κ3) is 2.30. The third-order valence-corrected chi connectivity index (χ3v) is 5.25. The zero-order chi connectivity index (χ0) is 14.1. The summed E-state index contributed by atoms with van der Waals surface area (Å²) in [5, 5.41) is 9.30. The standard InChI is InChI=1S/C15H17NO3S/c17-14(16-8-4-3-6-12(16)15(18)19)11-9-20-13-7-2-1-5-10(11)13/h1-2,5,7,11-12H,3-4,6,8-9H2,(H,18,19)/t11-,12+/m0/s1. The highest BCUT2D eigenvalue weighted by molar-refractivity contribution is 7.99. The second-order valence-electron chi connectivity index (χ2n) is 5.28. The van der Waals surface area contributed by atoms with Crippen LogP contribution in [0.3, 0.4) is 0 Å². The van der Waals surface area contributed by atoms with Gasteiger partial charge in [-0.25, -0.2) is 4.79 Å². The van der Waals surface area contributed by atoms with Crippen LogP contribution in [-0.4, -0.2) is 40.2 Å². The summed E-state index contributed by atoms with van der Waals surface area (Å²) in [4.78, 5) is 26.8. The van der Waals surface area contributed by atoms with Crippen LogP contribution >= 0.6 is 11.8 Å². The predicted octanol–water partition coefficient (Wildman–Crippen LogP) is 2.34. The number of fused-ring (bicyclic) bond motifs is 1. The number of piperidine rings is 1. The Kier molecular flexibility index (Phi) is 3.70. The molecule has 1 aromatic rings. The highest BCUT2D eigenvalue weighted by Gasteiger charge is 2.38. The molecule has 1 N–H and O–H groups in total. The molecule has 0 unspecified atom stereocenters. The molecule has 0 aliphatic carbocycles. The van der Waals surface area contributed by atoms with E-state index in [-0.39, 0.29) is 11.8 Å². The molecule has 2 atom stereocenters. The summed E-state index contributed by atoms with van der Waals surface area (Å²) >= 11 is 1.68. The van der Waals surface area contributed by atoms with Gasteiger partial charge in [-0.3, -0.25) is 4.79 Å². The molecule has 0 radical (unpaired) electrons. The number of benzene rings is 1. The zero-order valence-electron chi connectivity index (χ0n) is 11.1. The van der Waals surface area contributed by atoms with Crippen LogP contribution < -0.4 is 0 Å². The van der Waals surface area contributed by atoms with Crippen molar-refractivity contribution in [3.63, 3.8) is 0 Å². The van der Waals surface area contributed by atoms with Gasteiger partial charge < -0.3 is 10.0 Å². The molecule has 2 aliphatic rings. The average Bonchev–Trinajstić information content (AvgIpc) is 2.90. The quantitative estimate of drug-likeness (QED) is 0.908. The summed E-state index contributed by atoms with van der Waals surface area (Å²) in [6.07, 6.45) is 2.36. The van der Waals surface area contributed by atoms with Crippen LogP contribution in [0.2, 0.25) is 0 Å². The first-order chi connectivity index (χ1) is 9.68. The minimum atomic E-state index is -0.878. The Bertz CT molecular complexity index is 546. The summed E-state index contributed by atoms with van der Waals surface area (Å²) in [7, 11) is 0. The molecule has 1 fully saturated rings. The van der Waals surface area contributed by atoms with Crippen molar-refractivity contribution < 1.29 is 14.7 Å². The van der Waals surface area contributed by atoms with Crippen LogP contribution in [-0.2, 0) is 9.59 Å². The smallest absolute Gasteiger partial charge is 0.326 e. The second kappa shape index (κ2) is 5.48. The lowest BCUT2D eigenvalue weighted by Gasteiger charge is -2.34. The zero-order valence-corrected chi connectivity index (χ0v) is 11.9. The van der Waals surface area contributed by atoms with E-state index in [1.54, 1.807) is 16.7 Å². The molecule has 0 aromatic heterocycles. The van der Waals surface area contributed by atoms with Crippen molar-refractivity contribution in [1.82, 2.24) is 4.90 Å². The van der Waals surface area contributed by atoms with Gasteiger partial charge in [-0.15, -0.1) is 11.8 Å².